The lowest BCUT2D eigenvalue weighted by atomic mass is 9.92. The first-order valence-corrected chi connectivity index (χ1v) is 17.3. The molecule has 0 radical (unpaired) electrons. The van der Waals surface area contributed by atoms with Crippen molar-refractivity contribution in [2.24, 2.45) is 11.8 Å². The zero-order valence-corrected chi connectivity index (χ0v) is 28.9. The van der Waals surface area contributed by atoms with E-state index < -0.39 is 24.0 Å². The zero-order valence-electron chi connectivity index (χ0n) is 28.9. The van der Waals surface area contributed by atoms with Gasteiger partial charge in [-0.25, -0.2) is 10.3 Å². The highest BCUT2D eigenvalue weighted by Gasteiger charge is 2.29. The first kappa shape index (κ1) is 37.7. The van der Waals surface area contributed by atoms with Gasteiger partial charge in [-0.2, -0.15) is 0 Å². The Morgan fingerprint density at radius 2 is 1.52 bits per heavy atom. The van der Waals surface area contributed by atoms with Crippen LogP contribution >= 0.6 is 0 Å². The maximum Gasteiger partial charge on any atom is 0.407 e. The molecule has 0 aliphatic carbocycles. The van der Waals surface area contributed by atoms with Crippen LogP contribution in [-0.4, -0.2) is 57.9 Å². The monoisotopic (exact) mass is 683 g/mol. The second kappa shape index (κ2) is 19.7. The van der Waals surface area contributed by atoms with Gasteiger partial charge in [-0.15, -0.1) is 0 Å². The number of carbonyl (C=O) groups excluding carboxylic acids is 3. The van der Waals surface area contributed by atoms with Crippen LogP contribution in [0.2, 0.25) is 0 Å². The van der Waals surface area contributed by atoms with E-state index in [1.807, 2.05) is 105 Å². The molecule has 3 aromatic carbocycles. The molecule has 11 heteroatoms. The second-order valence-electron chi connectivity index (χ2n) is 13.0. The van der Waals surface area contributed by atoms with Crippen LogP contribution in [0.3, 0.4) is 0 Å². The molecule has 1 aromatic heterocycles. The molecule has 5 N–H and O–H groups in total. The van der Waals surface area contributed by atoms with E-state index in [0.29, 0.717) is 38.9 Å². The van der Waals surface area contributed by atoms with E-state index in [1.165, 1.54) is 4.90 Å². The molecule has 0 bridgehead atoms. The second-order valence-corrected chi connectivity index (χ2v) is 13.0. The van der Waals surface area contributed by atoms with Gasteiger partial charge >= 0.3 is 6.09 Å². The smallest absolute Gasteiger partial charge is 0.407 e. The van der Waals surface area contributed by atoms with Gasteiger partial charge < -0.3 is 25.6 Å². The Hall–Kier alpha value is -5.16. The Balaban J connectivity index is 1.33. The molecule has 0 saturated heterocycles. The molecule has 0 aliphatic rings. The molecular formula is C39H49N5O6. The van der Waals surface area contributed by atoms with Gasteiger partial charge in [0.1, 0.15) is 6.04 Å². The first-order valence-electron chi connectivity index (χ1n) is 17.3. The minimum absolute atomic E-state index is 0.0855. The summed E-state index contributed by atoms with van der Waals surface area (Å²) in [5.41, 5.74) is 6.11. The molecule has 1 heterocycles. The number of aromatic amines is 1. The number of H-pyrrole nitrogens is 1. The number of amides is 4. The largest absolute Gasteiger partial charge is 0.465 e. The average molecular weight is 684 g/mol. The Bertz CT molecular complexity index is 1660. The average Bonchev–Trinajstić information content (AvgIpc) is 3.51. The van der Waals surface area contributed by atoms with E-state index in [9.17, 15) is 24.3 Å². The van der Waals surface area contributed by atoms with E-state index in [4.69, 9.17) is 4.84 Å². The van der Waals surface area contributed by atoms with Crippen LogP contribution in [0, 0.1) is 11.8 Å². The number of para-hydroxylation sites is 1. The van der Waals surface area contributed by atoms with Gasteiger partial charge in [0.15, 0.2) is 0 Å². The molecule has 0 aliphatic heterocycles. The zero-order chi connectivity index (χ0) is 35.7. The van der Waals surface area contributed by atoms with Gasteiger partial charge in [0.25, 0.3) is 0 Å². The maximum absolute atomic E-state index is 13.7. The van der Waals surface area contributed by atoms with Gasteiger partial charge in [0.05, 0.1) is 6.61 Å². The molecule has 0 saturated carbocycles. The normalized spacial score (nSPS) is 12.3. The molecular weight excluding hydrogens is 634 g/mol. The van der Waals surface area contributed by atoms with Gasteiger partial charge in [0, 0.05) is 55.5 Å². The number of hydrogen-bond donors (Lipinski definition) is 5. The van der Waals surface area contributed by atoms with Crippen molar-refractivity contribution in [2.45, 2.75) is 71.6 Å². The van der Waals surface area contributed by atoms with Crippen molar-refractivity contribution < 1.29 is 29.1 Å². The Morgan fingerprint density at radius 3 is 2.22 bits per heavy atom. The quantitative estimate of drug-likeness (QED) is 0.0573. The predicted molar refractivity (Wildman–Crippen MR) is 193 cm³/mol. The number of nitrogens with one attached hydrogen (secondary N) is 4. The number of carboxylic acid groups (broad SMARTS) is 1. The summed E-state index contributed by atoms with van der Waals surface area (Å²) >= 11 is 0. The van der Waals surface area contributed by atoms with E-state index in [0.717, 1.165) is 34.0 Å². The Morgan fingerprint density at radius 1 is 0.840 bits per heavy atom. The summed E-state index contributed by atoms with van der Waals surface area (Å²) in [5.74, 6) is -1.64. The molecule has 0 spiro atoms. The summed E-state index contributed by atoms with van der Waals surface area (Å²) in [4.78, 5) is 61.9. The molecule has 1 unspecified atom stereocenters. The summed E-state index contributed by atoms with van der Waals surface area (Å²) in [5, 5.41) is 16.5. The van der Waals surface area contributed by atoms with E-state index in [2.05, 4.69) is 21.1 Å². The van der Waals surface area contributed by atoms with Gasteiger partial charge in [0.2, 0.25) is 17.7 Å². The first-order chi connectivity index (χ1) is 24.2. The molecule has 11 nitrogen and oxygen atoms in total. The lowest BCUT2D eigenvalue weighted by Crippen LogP contribution is -2.50. The summed E-state index contributed by atoms with van der Waals surface area (Å²) in [6.45, 7) is 5.25. The van der Waals surface area contributed by atoms with Crippen LogP contribution in [0.1, 0.15) is 62.6 Å². The number of nitrogens with zero attached hydrogens (tertiary/aromatic N) is 1. The van der Waals surface area contributed by atoms with Crippen molar-refractivity contribution in [3.05, 3.63) is 108 Å². The number of unbranched alkanes of at least 4 members (excludes halogenated alkanes) is 2. The number of benzene rings is 3. The van der Waals surface area contributed by atoms with Crippen molar-refractivity contribution in [1.82, 2.24) is 26.0 Å². The molecule has 266 valence electrons. The fraction of sp³-hybridized carbons (Fsp3) is 0.385. The highest BCUT2D eigenvalue weighted by molar-refractivity contribution is 5.91. The minimum Gasteiger partial charge on any atom is -0.465 e. The molecule has 4 aromatic rings. The van der Waals surface area contributed by atoms with Crippen LogP contribution in [-0.2, 0) is 38.8 Å². The highest BCUT2D eigenvalue weighted by atomic mass is 16.6. The maximum atomic E-state index is 13.7. The summed E-state index contributed by atoms with van der Waals surface area (Å²) in [6, 6.07) is 25.8. The van der Waals surface area contributed by atoms with Crippen molar-refractivity contribution in [3.8, 4) is 0 Å². The fourth-order valence-corrected chi connectivity index (χ4v) is 5.90. The molecule has 50 heavy (non-hydrogen) atoms. The van der Waals surface area contributed by atoms with Gasteiger partial charge in [-0.05, 0) is 54.4 Å². The summed E-state index contributed by atoms with van der Waals surface area (Å²) in [7, 11) is 0. The summed E-state index contributed by atoms with van der Waals surface area (Å²) in [6.07, 6.45) is 3.53. The topological polar surface area (TPSA) is 153 Å². The van der Waals surface area contributed by atoms with E-state index in [-0.39, 0.29) is 37.2 Å². The minimum atomic E-state index is -0.967. The lowest BCUT2D eigenvalue weighted by Gasteiger charge is -2.23. The van der Waals surface area contributed by atoms with Gasteiger partial charge in [-0.1, -0.05) is 92.7 Å². The third-order valence-electron chi connectivity index (χ3n) is 8.45. The standard InChI is InChI=1S/C39H49N5O6/c1-28(2)22-31(24-36(45)43-50-27-30-16-8-4-9-17-30)37(46)42-35(23-32-25-41-34-19-11-10-18-33(32)34)38(47)40-20-12-5-13-21-44(39(48)49)26-29-14-6-3-7-15-29/h3-4,6-11,14-19,25,28,31,35,41H,5,12-13,20-24,26-27H2,1-2H3,(H,40,47)(H,42,46)(H,43,45)(H,48,49)/t31?,35-/m1/s1. The van der Waals surface area contributed by atoms with Crippen molar-refractivity contribution in [1.29, 1.82) is 0 Å². The number of fused-ring (bicyclic) bond motifs is 1. The van der Waals surface area contributed by atoms with Crippen LogP contribution in [0.15, 0.2) is 91.1 Å². The fourth-order valence-electron chi connectivity index (χ4n) is 5.90. The number of rotatable bonds is 20. The van der Waals surface area contributed by atoms with Crippen molar-refractivity contribution in [2.75, 3.05) is 13.1 Å². The number of carbonyl (C=O) groups is 4. The van der Waals surface area contributed by atoms with E-state index in [1.54, 1.807) is 0 Å². The van der Waals surface area contributed by atoms with Gasteiger partial charge in [-0.3, -0.25) is 19.2 Å². The molecule has 4 rings (SSSR count). The molecule has 0 fully saturated rings. The van der Waals surface area contributed by atoms with Crippen LogP contribution in [0.4, 0.5) is 4.79 Å². The third kappa shape index (κ3) is 12.4. The lowest BCUT2D eigenvalue weighted by molar-refractivity contribution is -0.139. The number of hydroxylamine groups is 1. The Kier molecular flexibility index (Phi) is 14.9. The van der Waals surface area contributed by atoms with E-state index >= 15 is 0 Å². The SMILES string of the molecule is CC(C)CC(CC(=O)NOCc1ccccc1)C(=O)N[C@H](Cc1c[nH]c2ccccc12)C(=O)NCCCCCN(Cc1ccccc1)C(=O)O. The Labute approximate surface area is 293 Å². The number of aromatic nitrogens is 1. The van der Waals surface area contributed by atoms with Crippen LogP contribution in [0.5, 0.6) is 0 Å². The molecule has 2 atom stereocenters. The molecule has 4 amide bonds. The van der Waals surface area contributed by atoms with Crippen molar-refractivity contribution in [3.63, 3.8) is 0 Å². The summed E-state index contributed by atoms with van der Waals surface area (Å²) < 4.78 is 0. The number of hydrogen-bond acceptors (Lipinski definition) is 5. The van der Waals surface area contributed by atoms with Crippen LogP contribution < -0.4 is 16.1 Å². The van der Waals surface area contributed by atoms with Crippen LogP contribution in [0.25, 0.3) is 10.9 Å². The third-order valence-corrected chi connectivity index (χ3v) is 8.45. The highest BCUT2D eigenvalue weighted by Crippen LogP contribution is 2.21. The van der Waals surface area contributed by atoms with Crippen molar-refractivity contribution >= 4 is 34.7 Å². The predicted octanol–water partition coefficient (Wildman–Crippen LogP) is 5.96.